The first-order valence-electron chi connectivity index (χ1n) is 8.72. The number of hydrogen-bond acceptors (Lipinski definition) is 6. The Hall–Kier alpha value is -2.41. The minimum Gasteiger partial charge on any atom is -0.482 e. The maximum atomic E-state index is 11.5. The third-order valence-corrected chi connectivity index (χ3v) is 4.24. The molecule has 7 nitrogen and oxygen atoms in total. The predicted octanol–water partition coefficient (Wildman–Crippen LogP) is 3.15. The lowest BCUT2D eigenvalue weighted by Crippen LogP contribution is -2.26. The van der Waals surface area contributed by atoms with Crippen molar-refractivity contribution >= 4 is 11.6 Å². The number of hydrogen-bond donors (Lipinski definition) is 2. The van der Waals surface area contributed by atoms with Crippen LogP contribution in [0.4, 0.5) is 5.69 Å². The van der Waals surface area contributed by atoms with Crippen molar-refractivity contribution in [2.24, 2.45) is 0 Å². The van der Waals surface area contributed by atoms with Crippen molar-refractivity contribution in [3.05, 3.63) is 35.5 Å². The molecule has 2 heterocycles. The highest BCUT2D eigenvalue weighted by Gasteiger charge is 2.20. The van der Waals surface area contributed by atoms with E-state index in [1.165, 1.54) is 0 Å². The standard InChI is InChI=1S/C18H24N4O3/c1-4-5-6-16-21-18(25-22-16)12(3)19-11(2)13-7-8-15-14(9-13)20-17(23)10-24-15/h7-9,11-12,19H,4-6,10H2,1-3H3,(H,20,23)/t11-,12-/m1/s1. The number of carbonyl (C=O) groups is 1. The number of fused-ring (bicyclic) bond motifs is 1. The van der Waals surface area contributed by atoms with Gasteiger partial charge in [0.25, 0.3) is 5.91 Å². The SMILES string of the molecule is CCCCc1noc([C@@H](C)N[C@H](C)c2ccc3c(c2)NC(=O)CO3)n1. The summed E-state index contributed by atoms with van der Waals surface area (Å²) in [5.74, 6) is 1.91. The third-order valence-electron chi connectivity index (χ3n) is 4.24. The lowest BCUT2D eigenvalue weighted by molar-refractivity contribution is -0.118. The number of aryl methyl sites for hydroxylation is 1. The molecule has 7 heteroatoms. The number of nitrogens with zero attached hydrogens (tertiary/aromatic N) is 2. The van der Waals surface area contributed by atoms with Gasteiger partial charge in [-0.05, 0) is 38.0 Å². The molecule has 2 N–H and O–H groups in total. The number of ether oxygens (including phenoxy) is 1. The van der Waals surface area contributed by atoms with Crippen LogP contribution in [0.3, 0.4) is 0 Å². The topological polar surface area (TPSA) is 89.3 Å². The van der Waals surface area contributed by atoms with Gasteiger partial charge in [-0.25, -0.2) is 0 Å². The Morgan fingerprint density at radius 3 is 2.96 bits per heavy atom. The largest absolute Gasteiger partial charge is 0.482 e. The molecule has 0 spiro atoms. The van der Waals surface area contributed by atoms with E-state index in [9.17, 15) is 4.79 Å². The second kappa shape index (κ2) is 7.65. The van der Waals surface area contributed by atoms with Gasteiger partial charge in [0.2, 0.25) is 5.89 Å². The number of carbonyl (C=O) groups excluding carboxylic acids is 1. The van der Waals surface area contributed by atoms with Crippen molar-refractivity contribution in [1.29, 1.82) is 0 Å². The number of aromatic nitrogens is 2. The Kier molecular flexibility index (Phi) is 5.33. The predicted molar refractivity (Wildman–Crippen MR) is 93.4 cm³/mol. The average Bonchev–Trinajstić information content (AvgIpc) is 3.08. The summed E-state index contributed by atoms with van der Waals surface area (Å²) >= 11 is 0. The van der Waals surface area contributed by atoms with Crippen LogP contribution < -0.4 is 15.4 Å². The monoisotopic (exact) mass is 344 g/mol. The summed E-state index contributed by atoms with van der Waals surface area (Å²) in [6.07, 6.45) is 3.00. The first-order chi connectivity index (χ1) is 12.1. The minimum atomic E-state index is -0.135. The molecule has 3 rings (SSSR count). The molecule has 2 atom stereocenters. The van der Waals surface area contributed by atoms with Crippen LogP contribution in [0.2, 0.25) is 0 Å². The van der Waals surface area contributed by atoms with E-state index in [1.54, 1.807) is 0 Å². The zero-order chi connectivity index (χ0) is 17.8. The number of unbranched alkanes of at least 4 members (excludes halogenated alkanes) is 1. The van der Waals surface area contributed by atoms with E-state index in [4.69, 9.17) is 9.26 Å². The molecule has 134 valence electrons. The van der Waals surface area contributed by atoms with Crippen molar-refractivity contribution in [1.82, 2.24) is 15.5 Å². The summed E-state index contributed by atoms with van der Waals surface area (Å²) < 4.78 is 10.8. The molecule has 0 bridgehead atoms. The Bertz CT molecular complexity index is 744. The summed E-state index contributed by atoms with van der Waals surface area (Å²) in [5.41, 5.74) is 1.75. The molecule has 0 saturated carbocycles. The second-order valence-electron chi connectivity index (χ2n) is 6.35. The van der Waals surface area contributed by atoms with Crippen LogP contribution in [0, 0.1) is 0 Å². The van der Waals surface area contributed by atoms with E-state index < -0.39 is 0 Å². The molecule has 0 saturated heterocycles. The summed E-state index contributed by atoms with van der Waals surface area (Å²) in [6.45, 7) is 6.25. The van der Waals surface area contributed by atoms with E-state index in [0.717, 1.165) is 30.7 Å². The van der Waals surface area contributed by atoms with Gasteiger partial charge in [-0.3, -0.25) is 10.1 Å². The molecular formula is C18H24N4O3. The van der Waals surface area contributed by atoms with Crippen LogP contribution in [0.1, 0.15) is 63.0 Å². The smallest absolute Gasteiger partial charge is 0.262 e. The van der Waals surface area contributed by atoms with Crippen LogP contribution in [0.5, 0.6) is 5.75 Å². The molecule has 1 amide bonds. The molecular weight excluding hydrogens is 320 g/mol. The van der Waals surface area contributed by atoms with E-state index in [0.29, 0.717) is 17.3 Å². The van der Waals surface area contributed by atoms with Crippen molar-refractivity contribution in [3.8, 4) is 5.75 Å². The van der Waals surface area contributed by atoms with Gasteiger partial charge in [-0.15, -0.1) is 0 Å². The molecule has 1 aromatic carbocycles. The number of anilines is 1. The lowest BCUT2D eigenvalue weighted by atomic mass is 10.1. The maximum Gasteiger partial charge on any atom is 0.262 e. The van der Waals surface area contributed by atoms with E-state index in [2.05, 4.69) is 34.6 Å². The van der Waals surface area contributed by atoms with Crippen molar-refractivity contribution < 1.29 is 14.1 Å². The fourth-order valence-corrected chi connectivity index (χ4v) is 2.79. The maximum absolute atomic E-state index is 11.5. The number of rotatable bonds is 7. The Morgan fingerprint density at radius 2 is 2.16 bits per heavy atom. The fraction of sp³-hybridized carbons (Fsp3) is 0.500. The van der Waals surface area contributed by atoms with Gasteiger partial charge in [-0.2, -0.15) is 4.98 Å². The highest BCUT2D eigenvalue weighted by atomic mass is 16.5. The highest BCUT2D eigenvalue weighted by molar-refractivity contribution is 5.95. The second-order valence-corrected chi connectivity index (χ2v) is 6.35. The Morgan fingerprint density at radius 1 is 1.32 bits per heavy atom. The first-order valence-corrected chi connectivity index (χ1v) is 8.72. The third kappa shape index (κ3) is 4.17. The lowest BCUT2D eigenvalue weighted by Gasteiger charge is -2.22. The first kappa shape index (κ1) is 17.4. The van der Waals surface area contributed by atoms with E-state index in [-0.39, 0.29) is 24.6 Å². The van der Waals surface area contributed by atoms with E-state index in [1.807, 2.05) is 25.1 Å². The zero-order valence-corrected chi connectivity index (χ0v) is 14.8. The molecule has 0 radical (unpaired) electrons. The molecule has 0 aliphatic carbocycles. The Balaban J connectivity index is 1.65. The van der Waals surface area contributed by atoms with Gasteiger partial charge in [-0.1, -0.05) is 24.6 Å². The van der Waals surface area contributed by atoms with Crippen LogP contribution in [-0.4, -0.2) is 22.7 Å². The number of nitrogens with one attached hydrogen (secondary N) is 2. The number of benzene rings is 1. The fourth-order valence-electron chi connectivity index (χ4n) is 2.79. The molecule has 1 aliphatic heterocycles. The van der Waals surface area contributed by atoms with Crippen molar-refractivity contribution in [2.75, 3.05) is 11.9 Å². The van der Waals surface area contributed by atoms with Gasteiger partial charge < -0.3 is 14.6 Å². The zero-order valence-electron chi connectivity index (χ0n) is 14.8. The average molecular weight is 344 g/mol. The van der Waals surface area contributed by atoms with Gasteiger partial charge in [0.15, 0.2) is 12.4 Å². The van der Waals surface area contributed by atoms with Crippen LogP contribution in [0.25, 0.3) is 0 Å². The quantitative estimate of drug-likeness (QED) is 0.802. The van der Waals surface area contributed by atoms with Crippen LogP contribution in [0.15, 0.2) is 22.7 Å². The molecule has 0 fully saturated rings. The molecule has 1 aromatic heterocycles. The van der Waals surface area contributed by atoms with Crippen molar-refractivity contribution in [2.45, 2.75) is 52.1 Å². The van der Waals surface area contributed by atoms with Gasteiger partial charge >= 0.3 is 0 Å². The van der Waals surface area contributed by atoms with Gasteiger partial charge in [0.1, 0.15) is 5.75 Å². The van der Waals surface area contributed by atoms with E-state index >= 15 is 0 Å². The van der Waals surface area contributed by atoms with Gasteiger partial charge in [0.05, 0.1) is 11.7 Å². The number of amides is 1. The normalized spacial score (nSPS) is 15.9. The summed E-state index contributed by atoms with van der Waals surface area (Å²) in [4.78, 5) is 15.9. The minimum absolute atomic E-state index is 0.0464. The molecule has 2 aromatic rings. The summed E-state index contributed by atoms with van der Waals surface area (Å²) in [5, 5.41) is 10.3. The molecule has 1 aliphatic rings. The highest BCUT2D eigenvalue weighted by Crippen LogP contribution is 2.31. The summed E-state index contributed by atoms with van der Waals surface area (Å²) in [6, 6.07) is 5.77. The van der Waals surface area contributed by atoms with Gasteiger partial charge in [0, 0.05) is 12.5 Å². The van der Waals surface area contributed by atoms with Crippen molar-refractivity contribution in [3.63, 3.8) is 0 Å². The molecule has 25 heavy (non-hydrogen) atoms. The summed E-state index contributed by atoms with van der Waals surface area (Å²) in [7, 11) is 0. The van der Waals surface area contributed by atoms with Crippen LogP contribution in [-0.2, 0) is 11.2 Å². The van der Waals surface area contributed by atoms with Crippen LogP contribution >= 0.6 is 0 Å². The Labute approximate surface area is 147 Å². The molecule has 0 unspecified atom stereocenters.